The van der Waals surface area contributed by atoms with Gasteiger partial charge in [-0.2, -0.15) is 0 Å². The Bertz CT molecular complexity index is 1070. The van der Waals surface area contributed by atoms with Crippen molar-refractivity contribution in [1.82, 2.24) is 4.98 Å². The molecule has 1 aromatic heterocycles. The van der Waals surface area contributed by atoms with Crippen LogP contribution in [0.5, 0.6) is 0 Å². The lowest BCUT2D eigenvalue weighted by molar-refractivity contribution is 0.145. The van der Waals surface area contributed by atoms with Crippen molar-refractivity contribution >= 4 is 11.4 Å². The van der Waals surface area contributed by atoms with E-state index in [0.29, 0.717) is 12.1 Å². The maximum absolute atomic E-state index is 9.86. The van der Waals surface area contributed by atoms with E-state index in [1.54, 1.807) is 6.20 Å². The minimum Gasteiger partial charge on any atom is -0.411 e. The molecule has 2 N–H and O–H groups in total. The van der Waals surface area contributed by atoms with Crippen LogP contribution in [0.3, 0.4) is 0 Å². The molecule has 0 saturated carbocycles. The average Bonchev–Trinajstić information content (AvgIpc) is 2.81. The second-order valence-electron chi connectivity index (χ2n) is 8.66. The molecule has 0 bridgehead atoms. The minimum absolute atomic E-state index is 0.0628. The highest BCUT2D eigenvalue weighted by Crippen LogP contribution is 2.33. The van der Waals surface area contributed by atoms with E-state index in [0.717, 1.165) is 37.2 Å². The van der Waals surface area contributed by atoms with Crippen molar-refractivity contribution in [3.05, 3.63) is 94.8 Å². The molecule has 5 heteroatoms. The van der Waals surface area contributed by atoms with Gasteiger partial charge < -0.3 is 15.2 Å². The summed E-state index contributed by atoms with van der Waals surface area (Å²) in [5.41, 5.74) is 7.26. The first-order chi connectivity index (χ1) is 15.5. The van der Waals surface area contributed by atoms with Crippen molar-refractivity contribution in [3.8, 4) is 0 Å². The molecule has 0 radical (unpaired) electrons. The molecule has 0 spiro atoms. The summed E-state index contributed by atoms with van der Waals surface area (Å²) in [5.74, 6) is 0.0628. The first-order valence-electron chi connectivity index (χ1n) is 11.3. The molecule has 0 aliphatic carbocycles. The van der Waals surface area contributed by atoms with Gasteiger partial charge in [0.15, 0.2) is 0 Å². The number of pyridine rings is 1. The van der Waals surface area contributed by atoms with E-state index in [-0.39, 0.29) is 12.0 Å². The van der Waals surface area contributed by atoms with E-state index in [2.05, 4.69) is 70.5 Å². The molecule has 5 nitrogen and oxygen atoms in total. The third-order valence-electron chi connectivity index (χ3n) is 6.44. The molecule has 3 aromatic rings. The number of aliphatic hydroxyl groups excluding tert-OH is 1. The van der Waals surface area contributed by atoms with Crippen molar-refractivity contribution in [3.63, 3.8) is 0 Å². The van der Waals surface area contributed by atoms with Crippen LogP contribution in [0.4, 0.5) is 5.69 Å². The Morgan fingerprint density at radius 3 is 2.44 bits per heavy atom. The van der Waals surface area contributed by atoms with Gasteiger partial charge in [0.05, 0.1) is 11.8 Å². The Labute approximate surface area is 190 Å². The summed E-state index contributed by atoms with van der Waals surface area (Å²) in [6, 6.07) is 21.0. The first-order valence-corrected chi connectivity index (χ1v) is 11.3. The zero-order chi connectivity index (χ0) is 22.5. The van der Waals surface area contributed by atoms with E-state index >= 15 is 0 Å². The second-order valence-corrected chi connectivity index (χ2v) is 8.66. The van der Waals surface area contributed by atoms with Crippen LogP contribution in [0.2, 0.25) is 0 Å². The van der Waals surface area contributed by atoms with E-state index in [1.165, 1.54) is 22.4 Å². The van der Waals surface area contributed by atoms with Crippen molar-refractivity contribution < 1.29 is 10.3 Å². The number of anilines is 1. The van der Waals surface area contributed by atoms with Gasteiger partial charge in [-0.15, -0.1) is 0 Å². The quantitative estimate of drug-likeness (QED) is 0.326. The highest BCUT2D eigenvalue weighted by atomic mass is 16.4. The van der Waals surface area contributed by atoms with E-state index in [9.17, 15) is 10.3 Å². The molecule has 0 unspecified atom stereocenters. The van der Waals surface area contributed by atoms with Gasteiger partial charge in [-0.3, -0.25) is 4.98 Å². The topological polar surface area (TPSA) is 69.0 Å². The van der Waals surface area contributed by atoms with Crippen molar-refractivity contribution in [2.24, 2.45) is 5.16 Å². The lowest BCUT2D eigenvalue weighted by Crippen LogP contribution is -2.35. The lowest BCUT2D eigenvalue weighted by Gasteiger charge is -2.31. The monoisotopic (exact) mass is 429 g/mol. The number of rotatable bonds is 6. The van der Waals surface area contributed by atoms with Gasteiger partial charge in [-0.05, 0) is 67.6 Å². The predicted molar refractivity (Wildman–Crippen MR) is 129 cm³/mol. The predicted octanol–water partition coefficient (Wildman–Crippen LogP) is 5.06. The number of piperidine rings is 1. The third kappa shape index (κ3) is 5.00. The Hall–Kier alpha value is -3.18. The highest BCUT2D eigenvalue weighted by molar-refractivity contribution is 6.01. The number of aromatic nitrogens is 1. The Balaban J connectivity index is 1.65. The Morgan fingerprint density at radius 2 is 1.78 bits per heavy atom. The van der Waals surface area contributed by atoms with Gasteiger partial charge in [0, 0.05) is 48.6 Å². The van der Waals surface area contributed by atoms with Crippen LogP contribution in [0.1, 0.15) is 53.1 Å². The number of hydrogen-bond donors (Lipinski definition) is 2. The Morgan fingerprint density at radius 1 is 1.06 bits per heavy atom. The van der Waals surface area contributed by atoms with Crippen LogP contribution in [0.25, 0.3) is 0 Å². The second kappa shape index (κ2) is 9.96. The molecule has 4 rings (SSSR count). The first kappa shape index (κ1) is 22.0. The summed E-state index contributed by atoms with van der Waals surface area (Å²) in [6.07, 6.45) is 3.79. The number of aryl methyl sites for hydroxylation is 2. The summed E-state index contributed by atoms with van der Waals surface area (Å²) in [4.78, 5) is 6.60. The fourth-order valence-electron chi connectivity index (χ4n) is 4.56. The summed E-state index contributed by atoms with van der Waals surface area (Å²) in [7, 11) is 0. The lowest BCUT2D eigenvalue weighted by atomic mass is 9.83. The molecule has 1 aliphatic heterocycles. The molecule has 0 amide bonds. The molecule has 32 heavy (non-hydrogen) atoms. The zero-order valence-corrected chi connectivity index (χ0v) is 18.8. The molecule has 1 saturated heterocycles. The van der Waals surface area contributed by atoms with Gasteiger partial charge in [-0.1, -0.05) is 41.6 Å². The van der Waals surface area contributed by atoms with Crippen LogP contribution < -0.4 is 4.90 Å². The summed E-state index contributed by atoms with van der Waals surface area (Å²) < 4.78 is 0. The van der Waals surface area contributed by atoms with Crippen LogP contribution in [-0.4, -0.2) is 40.2 Å². The summed E-state index contributed by atoms with van der Waals surface area (Å²) in [6.45, 7) is 5.83. The molecule has 1 fully saturated rings. The number of nitrogens with zero attached hydrogens (tertiary/aromatic N) is 3. The van der Waals surface area contributed by atoms with E-state index < -0.39 is 0 Å². The SMILES string of the molecule is Cc1cc(/C(C[C@H](c2ccc(N3CCC(O)CC3)cc2)c2ccccc2C)=N/O)ccn1. The normalized spacial score (nSPS) is 16.2. The Kier molecular flexibility index (Phi) is 6.86. The highest BCUT2D eigenvalue weighted by Gasteiger charge is 2.22. The number of benzene rings is 2. The molecule has 2 aromatic carbocycles. The molecule has 2 heterocycles. The fourth-order valence-corrected chi connectivity index (χ4v) is 4.56. The minimum atomic E-state index is -0.177. The van der Waals surface area contributed by atoms with Crippen LogP contribution in [0.15, 0.2) is 72.0 Å². The van der Waals surface area contributed by atoms with Crippen LogP contribution in [-0.2, 0) is 0 Å². The molecule has 1 aliphatic rings. The molecular formula is C27H31N3O2. The van der Waals surface area contributed by atoms with Gasteiger partial charge in [-0.25, -0.2) is 0 Å². The van der Waals surface area contributed by atoms with E-state index in [1.807, 2.05) is 19.1 Å². The fraction of sp³-hybridized carbons (Fsp3) is 0.333. The average molecular weight is 430 g/mol. The van der Waals surface area contributed by atoms with Gasteiger partial charge in [0.2, 0.25) is 0 Å². The number of hydrogen-bond acceptors (Lipinski definition) is 5. The van der Waals surface area contributed by atoms with Crippen LogP contribution in [0, 0.1) is 13.8 Å². The largest absolute Gasteiger partial charge is 0.411 e. The number of aliphatic hydroxyl groups is 1. The van der Waals surface area contributed by atoms with E-state index in [4.69, 9.17) is 0 Å². The van der Waals surface area contributed by atoms with Gasteiger partial charge in [0.25, 0.3) is 0 Å². The smallest absolute Gasteiger partial charge is 0.0878 e. The van der Waals surface area contributed by atoms with Crippen molar-refractivity contribution in [1.29, 1.82) is 0 Å². The molecular weight excluding hydrogens is 398 g/mol. The number of oxime groups is 1. The maximum Gasteiger partial charge on any atom is 0.0878 e. The van der Waals surface area contributed by atoms with Crippen LogP contribution >= 0.6 is 0 Å². The van der Waals surface area contributed by atoms with Gasteiger partial charge in [0.1, 0.15) is 0 Å². The molecule has 166 valence electrons. The van der Waals surface area contributed by atoms with Crippen molar-refractivity contribution in [2.75, 3.05) is 18.0 Å². The van der Waals surface area contributed by atoms with Gasteiger partial charge >= 0.3 is 0 Å². The molecule has 1 atom stereocenters. The van der Waals surface area contributed by atoms with Crippen molar-refractivity contribution in [2.45, 2.75) is 45.1 Å². The summed E-state index contributed by atoms with van der Waals surface area (Å²) >= 11 is 0. The zero-order valence-electron chi connectivity index (χ0n) is 18.8. The summed E-state index contributed by atoms with van der Waals surface area (Å²) in [5, 5.41) is 23.3. The standard InChI is InChI=1S/C27H31N3O2/c1-19-5-3-4-6-25(19)26(18-27(29-32)22-11-14-28-20(2)17-22)21-7-9-23(10-8-21)30-15-12-24(31)13-16-30/h3-11,14,17,24,26,31-32H,12-13,15-16,18H2,1-2H3/b29-27+/t26-/m1/s1. The third-order valence-corrected chi connectivity index (χ3v) is 6.44. The maximum atomic E-state index is 9.86.